The van der Waals surface area contributed by atoms with Gasteiger partial charge in [-0.05, 0) is 19.3 Å². The Morgan fingerprint density at radius 1 is 1.60 bits per heavy atom. The minimum Gasteiger partial charge on any atom is -0.464 e. The number of hydrogen-bond donors (Lipinski definition) is 2. The van der Waals surface area contributed by atoms with Gasteiger partial charge in [0, 0.05) is 19.1 Å². The molecule has 2 aliphatic rings. The second-order valence-electron chi connectivity index (χ2n) is 4.58. The van der Waals surface area contributed by atoms with Crippen LogP contribution in [0.5, 0.6) is 0 Å². The van der Waals surface area contributed by atoms with Gasteiger partial charge in [0.25, 0.3) is 0 Å². The van der Waals surface area contributed by atoms with Crippen molar-refractivity contribution < 1.29 is 9.53 Å². The Kier molecular flexibility index (Phi) is 3.26. The van der Waals surface area contributed by atoms with Crippen LogP contribution in [-0.2, 0) is 9.53 Å². The summed E-state index contributed by atoms with van der Waals surface area (Å²) < 4.78 is 5.30. The Morgan fingerprint density at radius 3 is 3.27 bits per heavy atom. The van der Waals surface area contributed by atoms with Crippen LogP contribution in [-0.4, -0.2) is 37.2 Å². The predicted molar refractivity (Wildman–Crippen MR) is 57.6 cm³/mol. The Balaban J connectivity index is 1.88. The van der Waals surface area contributed by atoms with E-state index in [1.54, 1.807) is 0 Å². The Bertz CT molecular complexity index is 241. The molecule has 2 rings (SSSR count). The number of rotatable bonds is 4. The summed E-state index contributed by atoms with van der Waals surface area (Å²) in [5.74, 6) is -0.0642. The predicted octanol–water partition coefficient (Wildman–Crippen LogP) is 0.424. The molecule has 2 heterocycles. The van der Waals surface area contributed by atoms with Crippen molar-refractivity contribution in [3.05, 3.63) is 0 Å². The summed E-state index contributed by atoms with van der Waals surface area (Å²) in [6.07, 6.45) is 4.01. The van der Waals surface area contributed by atoms with Crippen LogP contribution in [0.25, 0.3) is 0 Å². The van der Waals surface area contributed by atoms with E-state index < -0.39 is 5.54 Å². The molecule has 0 aromatic heterocycles. The molecule has 2 atom stereocenters. The molecule has 15 heavy (non-hydrogen) atoms. The normalized spacial score (nSPS) is 34.1. The van der Waals surface area contributed by atoms with Crippen LogP contribution < -0.4 is 10.6 Å². The van der Waals surface area contributed by atoms with Crippen molar-refractivity contribution in [3.8, 4) is 0 Å². The fourth-order valence-corrected chi connectivity index (χ4v) is 2.39. The first-order valence-electron chi connectivity index (χ1n) is 5.92. The van der Waals surface area contributed by atoms with Gasteiger partial charge >= 0.3 is 5.97 Å². The summed E-state index contributed by atoms with van der Waals surface area (Å²) in [7, 11) is 0. The van der Waals surface area contributed by atoms with E-state index in [1.165, 1.54) is 0 Å². The molecule has 2 bridgehead atoms. The molecule has 0 aromatic rings. The highest BCUT2D eigenvalue weighted by atomic mass is 16.5. The lowest BCUT2D eigenvalue weighted by Gasteiger charge is -2.32. The molecule has 2 N–H and O–H groups in total. The maximum atomic E-state index is 11.9. The lowest BCUT2D eigenvalue weighted by Crippen LogP contribution is -2.62. The fraction of sp³-hybridized carbons (Fsp3) is 0.909. The number of nitrogens with one attached hydrogen (secondary N) is 2. The summed E-state index contributed by atoms with van der Waals surface area (Å²) in [4.78, 5) is 11.9. The first-order valence-corrected chi connectivity index (χ1v) is 5.92. The highest BCUT2D eigenvalue weighted by Gasteiger charge is 2.48. The maximum Gasteiger partial charge on any atom is 0.327 e. The average Bonchev–Trinajstić information content (AvgIpc) is 2.56. The number of hydrogen-bond acceptors (Lipinski definition) is 4. The van der Waals surface area contributed by atoms with Crippen molar-refractivity contribution in [1.29, 1.82) is 0 Å². The minimum atomic E-state index is -0.420. The van der Waals surface area contributed by atoms with Crippen molar-refractivity contribution in [1.82, 2.24) is 10.6 Å². The molecule has 2 unspecified atom stereocenters. The zero-order chi connectivity index (χ0) is 10.7. The van der Waals surface area contributed by atoms with E-state index in [2.05, 4.69) is 17.6 Å². The minimum absolute atomic E-state index is 0.0642. The first kappa shape index (κ1) is 10.9. The SMILES string of the molecule is CCCCOC(=O)C12CCC(CNC1)N2. The van der Waals surface area contributed by atoms with E-state index in [9.17, 15) is 4.79 Å². The average molecular weight is 212 g/mol. The Hall–Kier alpha value is -0.610. The second-order valence-corrected chi connectivity index (χ2v) is 4.58. The number of ether oxygens (including phenoxy) is 1. The quantitative estimate of drug-likeness (QED) is 0.524. The molecule has 0 amide bonds. The highest BCUT2D eigenvalue weighted by Crippen LogP contribution is 2.27. The third-order valence-corrected chi connectivity index (χ3v) is 3.34. The third-order valence-electron chi connectivity index (χ3n) is 3.34. The number of carbonyl (C=O) groups is 1. The summed E-state index contributed by atoms with van der Waals surface area (Å²) in [5, 5.41) is 6.69. The summed E-state index contributed by atoms with van der Waals surface area (Å²) >= 11 is 0. The van der Waals surface area contributed by atoms with Crippen LogP contribution in [0.2, 0.25) is 0 Å². The summed E-state index contributed by atoms with van der Waals surface area (Å²) in [6, 6.07) is 0.456. The van der Waals surface area contributed by atoms with Gasteiger partial charge in [0.05, 0.1) is 6.61 Å². The topological polar surface area (TPSA) is 50.4 Å². The summed E-state index contributed by atoms with van der Waals surface area (Å²) in [6.45, 7) is 4.35. The van der Waals surface area contributed by atoms with Crippen molar-refractivity contribution in [2.45, 2.75) is 44.2 Å². The Labute approximate surface area is 90.8 Å². The fourth-order valence-electron chi connectivity index (χ4n) is 2.39. The van der Waals surface area contributed by atoms with Gasteiger partial charge in [0.2, 0.25) is 0 Å². The molecule has 2 fully saturated rings. The van der Waals surface area contributed by atoms with Crippen LogP contribution in [0.1, 0.15) is 32.6 Å². The molecule has 0 radical (unpaired) electrons. The van der Waals surface area contributed by atoms with Crippen LogP contribution in [0.4, 0.5) is 0 Å². The van der Waals surface area contributed by atoms with Crippen LogP contribution in [0, 0.1) is 0 Å². The summed E-state index contributed by atoms with van der Waals surface area (Å²) in [5.41, 5.74) is -0.420. The second kappa shape index (κ2) is 4.49. The van der Waals surface area contributed by atoms with Gasteiger partial charge in [-0.15, -0.1) is 0 Å². The van der Waals surface area contributed by atoms with Crippen LogP contribution in [0.3, 0.4) is 0 Å². The molecular formula is C11H20N2O2. The van der Waals surface area contributed by atoms with Gasteiger partial charge in [0.15, 0.2) is 0 Å². The molecule has 2 aliphatic heterocycles. The zero-order valence-electron chi connectivity index (χ0n) is 9.34. The largest absolute Gasteiger partial charge is 0.464 e. The lowest BCUT2D eigenvalue weighted by atomic mass is 9.98. The van der Waals surface area contributed by atoms with Crippen molar-refractivity contribution in [2.75, 3.05) is 19.7 Å². The number of piperazine rings is 1. The van der Waals surface area contributed by atoms with Gasteiger partial charge in [-0.1, -0.05) is 13.3 Å². The smallest absolute Gasteiger partial charge is 0.327 e. The van der Waals surface area contributed by atoms with E-state index in [0.717, 1.165) is 32.2 Å². The van der Waals surface area contributed by atoms with E-state index in [0.29, 0.717) is 19.2 Å². The monoisotopic (exact) mass is 212 g/mol. The molecule has 0 saturated carbocycles. The van der Waals surface area contributed by atoms with Crippen molar-refractivity contribution in [2.24, 2.45) is 0 Å². The van der Waals surface area contributed by atoms with Gasteiger partial charge in [0.1, 0.15) is 5.54 Å². The molecule has 0 spiro atoms. The molecule has 4 heteroatoms. The number of fused-ring (bicyclic) bond motifs is 2. The molecule has 4 nitrogen and oxygen atoms in total. The number of carbonyl (C=O) groups excluding carboxylic acids is 1. The first-order chi connectivity index (χ1) is 7.27. The van der Waals surface area contributed by atoms with Gasteiger partial charge < -0.3 is 10.1 Å². The van der Waals surface area contributed by atoms with Gasteiger partial charge in [-0.25, -0.2) is 4.79 Å². The standard InChI is InChI=1S/C11H20N2O2/c1-2-3-6-15-10(14)11-5-4-9(13-11)7-12-8-11/h9,12-13H,2-8H2,1H3. The van der Waals surface area contributed by atoms with Gasteiger partial charge in [-0.2, -0.15) is 0 Å². The van der Waals surface area contributed by atoms with Crippen molar-refractivity contribution >= 4 is 5.97 Å². The highest BCUT2D eigenvalue weighted by molar-refractivity contribution is 5.82. The van der Waals surface area contributed by atoms with E-state index in [4.69, 9.17) is 4.74 Å². The maximum absolute atomic E-state index is 11.9. The van der Waals surface area contributed by atoms with Crippen LogP contribution in [0.15, 0.2) is 0 Å². The molecule has 86 valence electrons. The molecule has 0 aliphatic carbocycles. The number of esters is 1. The molecule has 0 aromatic carbocycles. The van der Waals surface area contributed by atoms with Gasteiger partial charge in [-0.3, -0.25) is 5.32 Å². The van der Waals surface area contributed by atoms with E-state index in [1.807, 2.05) is 0 Å². The van der Waals surface area contributed by atoms with Crippen LogP contribution >= 0.6 is 0 Å². The third kappa shape index (κ3) is 2.16. The molecular weight excluding hydrogens is 192 g/mol. The van der Waals surface area contributed by atoms with E-state index >= 15 is 0 Å². The zero-order valence-corrected chi connectivity index (χ0v) is 9.34. The number of unbranched alkanes of at least 4 members (excludes halogenated alkanes) is 1. The lowest BCUT2D eigenvalue weighted by molar-refractivity contribution is -0.151. The van der Waals surface area contributed by atoms with E-state index in [-0.39, 0.29) is 5.97 Å². The Morgan fingerprint density at radius 2 is 2.47 bits per heavy atom. The molecule has 2 saturated heterocycles. The van der Waals surface area contributed by atoms with Crippen molar-refractivity contribution in [3.63, 3.8) is 0 Å².